The van der Waals surface area contributed by atoms with Crippen LogP contribution in [0, 0.1) is 0 Å². The lowest BCUT2D eigenvalue weighted by molar-refractivity contribution is -0.146. The maximum absolute atomic E-state index is 13.0. The van der Waals surface area contributed by atoms with Crippen LogP contribution in [0.4, 0.5) is 0 Å². The summed E-state index contributed by atoms with van der Waals surface area (Å²) >= 11 is 1.16. The summed E-state index contributed by atoms with van der Waals surface area (Å²) in [6.45, 7) is 0. The van der Waals surface area contributed by atoms with Crippen LogP contribution in [0.3, 0.4) is 0 Å². The summed E-state index contributed by atoms with van der Waals surface area (Å²) in [6, 6.07) is 14.3. The van der Waals surface area contributed by atoms with E-state index in [1.54, 1.807) is 18.3 Å². The van der Waals surface area contributed by atoms with Crippen LogP contribution in [-0.2, 0) is 19.1 Å². The van der Waals surface area contributed by atoms with Crippen LogP contribution in [-0.4, -0.2) is 59.1 Å². The molecule has 2 atom stereocenters. The first-order valence-electron chi connectivity index (χ1n) is 10.1. The molecule has 0 spiro atoms. The Morgan fingerprint density at radius 2 is 1.55 bits per heavy atom. The molecule has 0 saturated carbocycles. The maximum atomic E-state index is 13.0. The van der Waals surface area contributed by atoms with Crippen molar-refractivity contribution in [3.63, 3.8) is 0 Å². The van der Waals surface area contributed by atoms with Crippen LogP contribution in [0.15, 0.2) is 65.7 Å². The predicted octanol–water partition coefficient (Wildman–Crippen LogP) is 3.10. The molecule has 1 unspecified atom stereocenters. The van der Waals surface area contributed by atoms with Gasteiger partial charge in [0.25, 0.3) is 11.8 Å². The Morgan fingerprint density at radius 1 is 0.909 bits per heavy atom. The Labute approximate surface area is 193 Å². The van der Waals surface area contributed by atoms with Gasteiger partial charge in [0.05, 0.1) is 30.9 Å². The van der Waals surface area contributed by atoms with Gasteiger partial charge in [-0.05, 0) is 24.3 Å². The van der Waals surface area contributed by atoms with Crippen molar-refractivity contribution < 1.29 is 28.7 Å². The standard InChI is InChI=1S/C24H20N2O6S/c1-31-23(29)17(26-21(27)15-9-3-4-10-16(15)22(26)28)13-19(24(30)32-2)33-18-11-5-7-14-8-6-12-25-20(14)18/h3-12,17,19H,13H2,1-2H3/t17-,19?/m0/s1. The fraction of sp³-hybridized carbons (Fsp3) is 0.208. The van der Waals surface area contributed by atoms with E-state index in [0.29, 0.717) is 10.4 Å². The van der Waals surface area contributed by atoms with Gasteiger partial charge in [0.2, 0.25) is 0 Å². The minimum absolute atomic E-state index is 0.182. The molecule has 2 heterocycles. The maximum Gasteiger partial charge on any atom is 0.329 e. The number of hydrogen-bond acceptors (Lipinski definition) is 8. The molecule has 2 aromatic carbocycles. The summed E-state index contributed by atoms with van der Waals surface area (Å²) in [6.07, 6.45) is 1.47. The highest BCUT2D eigenvalue weighted by Gasteiger charge is 2.45. The fourth-order valence-corrected chi connectivity index (χ4v) is 5.00. The quantitative estimate of drug-likeness (QED) is 0.299. The van der Waals surface area contributed by atoms with E-state index in [1.807, 2.05) is 30.3 Å². The van der Waals surface area contributed by atoms with E-state index in [1.165, 1.54) is 26.4 Å². The number of methoxy groups -OCH3 is 2. The molecule has 4 rings (SSSR count). The van der Waals surface area contributed by atoms with Gasteiger partial charge in [-0.25, -0.2) is 4.79 Å². The Hall–Kier alpha value is -3.72. The van der Waals surface area contributed by atoms with Gasteiger partial charge in [-0.3, -0.25) is 24.3 Å². The number of ether oxygens (including phenoxy) is 2. The monoisotopic (exact) mass is 464 g/mol. The minimum atomic E-state index is -1.30. The summed E-state index contributed by atoms with van der Waals surface area (Å²) < 4.78 is 9.86. The molecule has 8 nitrogen and oxygen atoms in total. The topological polar surface area (TPSA) is 103 Å². The second kappa shape index (κ2) is 9.41. The lowest BCUT2D eigenvalue weighted by atomic mass is 10.1. The van der Waals surface area contributed by atoms with Gasteiger partial charge in [-0.15, -0.1) is 11.8 Å². The number of imide groups is 1. The molecule has 168 valence electrons. The first-order chi connectivity index (χ1) is 16.0. The Morgan fingerprint density at radius 3 is 2.18 bits per heavy atom. The van der Waals surface area contributed by atoms with E-state index in [4.69, 9.17) is 9.47 Å². The van der Waals surface area contributed by atoms with Crippen LogP contribution in [0.25, 0.3) is 10.9 Å². The number of benzene rings is 2. The zero-order valence-corrected chi connectivity index (χ0v) is 18.7. The molecular formula is C24H20N2O6S. The summed E-state index contributed by atoms with van der Waals surface area (Å²) in [5.41, 5.74) is 1.10. The highest BCUT2D eigenvalue weighted by atomic mass is 32.2. The summed E-state index contributed by atoms with van der Waals surface area (Å²) in [5, 5.41) is -0.0213. The van der Waals surface area contributed by atoms with Crippen molar-refractivity contribution in [1.82, 2.24) is 9.88 Å². The first kappa shape index (κ1) is 22.5. The number of nitrogens with zero attached hydrogens (tertiary/aromatic N) is 2. The molecule has 1 aliphatic heterocycles. The Bertz CT molecular complexity index is 1220. The lowest BCUT2D eigenvalue weighted by Gasteiger charge is -2.26. The SMILES string of the molecule is COC(=O)C(C[C@@H](C(=O)OC)N1C(=O)c2ccccc2C1=O)Sc1cccc2cccnc12. The summed E-state index contributed by atoms with van der Waals surface area (Å²) in [7, 11) is 2.41. The predicted molar refractivity (Wildman–Crippen MR) is 121 cm³/mol. The number of carbonyl (C=O) groups is 4. The number of rotatable bonds is 7. The van der Waals surface area contributed by atoms with Gasteiger partial charge in [0.1, 0.15) is 11.3 Å². The van der Waals surface area contributed by atoms with Crippen LogP contribution in [0.5, 0.6) is 0 Å². The van der Waals surface area contributed by atoms with E-state index < -0.39 is 35.0 Å². The largest absolute Gasteiger partial charge is 0.468 e. The first-order valence-corrected chi connectivity index (χ1v) is 11.0. The number of aromatic nitrogens is 1. The molecule has 0 aliphatic carbocycles. The smallest absolute Gasteiger partial charge is 0.329 e. The van der Waals surface area contributed by atoms with Crippen LogP contribution >= 0.6 is 11.8 Å². The van der Waals surface area contributed by atoms with Crippen molar-refractivity contribution in [2.75, 3.05) is 14.2 Å². The fourth-order valence-electron chi connectivity index (χ4n) is 3.79. The number of carbonyl (C=O) groups excluding carboxylic acids is 4. The van der Waals surface area contributed by atoms with E-state index in [9.17, 15) is 19.2 Å². The molecule has 0 radical (unpaired) electrons. The van der Waals surface area contributed by atoms with Crippen LogP contribution in [0.2, 0.25) is 0 Å². The normalized spacial score (nSPS) is 14.7. The highest BCUT2D eigenvalue weighted by molar-refractivity contribution is 8.00. The lowest BCUT2D eigenvalue weighted by Crippen LogP contribution is -2.47. The number of thioether (sulfide) groups is 1. The third-order valence-electron chi connectivity index (χ3n) is 5.38. The summed E-state index contributed by atoms with van der Waals surface area (Å²) in [4.78, 5) is 57.3. The third kappa shape index (κ3) is 4.19. The highest BCUT2D eigenvalue weighted by Crippen LogP contribution is 2.34. The van der Waals surface area contributed by atoms with Crippen molar-refractivity contribution in [3.05, 3.63) is 71.9 Å². The zero-order chi connectivity index (χ0) is 23.5. The molecule has 1 aromatic heterocycles. The van der Waals surface area contributed by atoms with Gasteiger partial charge in [0.15, 0.2) is 0 Å². The van der Waals surface area contributed by atoms with Crippen molar-refractivity contribution in [3.8, 4) is 0 Å². The third-order valence-corrected chi connectivity index (χ3v) is 6.63. The number of esters is 2. The van der Waals surface area contributed by atoms with E-state index in [2.05, 4.69) is 4.98 Å². The molecular weight excluding hydrogens is 444 g/mol. The molecule has 9 heteroatoms. The average Bonchev–Trinajstić information content (AvgIpc) is 3.10. The van der Waals surface area contributed by atoms with E-state index in [-0.39, 0.29) is 17.5 Å². The molecule has 33 heavy (non-hydrogen) atoms. The number of amides is 2. The second-order valence-corrected chi connectivity index (χ2v) is 8.51. The van der Waals surface area contributed by atoms with Crippen LogP contribution < -0.4 is 0 Å². The number of para-hydroxylation sites is 1. The molecule has 0 fully saturated rings. The van der Waals surface area contributed by atoms with E-state index in [0.717, 1.165) is 22.0 Å². The van der Waals surface area contributed by atoms with Crippen molar-refractivity contribution in [1.29, 1.82) is 0 Å². The van der Waals surface area contributed by atoms with Crippen LogP contribution in [0.1, 0.15) is 27.1 Å². The molecule has 0 N–H and O–H groups in total. The van der Waals surface area contributed by atoms with E-state index >= 15 is 0 Å². The minimum Gasteiger partial charge on any atom is -0.468 e. The molecule has 0 saturated heterocycles. The number of hydrogen-bond donors (Lipinski definition) is 0. The average molecular weight is 464 g/mol. The van der Waals surface area contributed by atoms with Gasteiger partial charge in [0, 0.05) is 22.9 Å². The van der Waals surface area contributed by atoms with Gasteiger partial charge in [-0.2, -0.15) is 0 Å². The zero-order valence-electron chi connectivity index (χ0n) is 17.9. The Kier molecular flexibility index (Phi) is 6.41. The van der Waals surface area contributed by atoms with Gasteiger partial charge >= 0.3 is 11.9 Å². The Balaban J connectivity index is 1.69. The van der Waals surface area contributed by atoms with Gasteiger partial charge in [-0.1, -0.05) is 30.3 Å². The summed E-state index contributed by atoms with van der Waals surface area (Å²) in [5.74, 6) is -2.61. The molecule has 1 aliphatic rings. The number of fused-ring (bicyclic) bond motifs is 2. The second-order valence-electron chi connectivity index (χ2n) is 7.26. The molecule has 0 bridgehead atoms. The van der Waals surface area contributed by atoms with Crippen molar-refractivity contribution in [2.45, 2.75) is 22.6 Å². The van der Waals surface area contributed by atoms with Crippen molar-refractivity contribution in [2.24, 2.45) is 0 Å². The molecule has 3 aromatic rings. The molecule has 2 amide bonds. The van der Waals surface area contributed by atoms with Gasteiger partial charge < -0.3 is 9.47 Å². The van der Waals surface area contributed by atoms with Crippen molar-refractivity contribution >= 4 is 46.4 Å². The number of pyridine rings is 1.